The molecule has 0 saturated heterocycles. The number of hydrogen-bond donors (Lipinski definition) is 14. The minimum Gasteiger partial charge on any atom is -0.370 e. The van der Waals surface area contributed by atoms with Gasteiger partial charge in [-0.2, -0.15) is 25.3 Å². The van der Waals surface area contributed by atoms with E-state index >= 15 is 0 Å². The highest BCUT2D eigenvalue weighted by atomic mass is 32.1. The number of thiol groups is 2. The normalized spacial score (nSPS) is 13.6. The number of nitrogens with two attached hydrogens (primary N) is 3. The molecule has 0 radical (unpaired) electrons. The van der Waals surface area contributed by atoms with E-state index < -0.39 is 90.1 Å². The summed E-state index contributed by atoms with van der Waals surface area (Å²) in [6, 6.07) is 12.6. The zero-order valence-electron chi connectivity index (χ0n) is 38.2. The number of imidazole rings is 1. The van der Waals surface area contributed by atoms with Crippen LogP contribution in [0.1, 0.15) is 36.6 Å². The van der Waals surface area contributed by atoms with Crippen LogP contribution in [0, 0.1) is 0 Å². The molecule has 0 unspecified atom stereocenters. The van der Waals surface area contributed by atoms with Gasteiger partial charge in [0.1, 0.15) is 36.3 Å². The number of primary amides is 1. The summed E-state index contributed by atoms with van der Waals surface area (Å²) in [5.74, 6) is -6.30. The van der Waals surface area contributed by atoms with Gasteiger partial charge in [-0.3, -0.25) is 43.3 Å². The molecule has 24 heteroatoms. The second kappa shape index (κ2) is 26.2. The quantitative estimate of drug-likeness (QED) is 0.0131. The number of aliphatic imine (C=N–C) groups is 1. The van der Waals surface area contributed by atoms with Crippen molar-refractivity contribution in [1.82, 2.24) is 52.2 Å². The van der Waals surface area contributed by atoms with E-state index in [4.69, 9.17) is 17.2 Å². The maximum atomic E-state index is 14.8. The van der Waals surface area contributed by atoms with E-state index in [1.807, 2.05) is 54.6 Å². The van der Waals surface area contributed by atoms with Crippen molar-refractivity contribution in [3.8, 4) is 0 Å². The summed E-state index contributed by atoms with van der Waals surface area (Å²) in [6.07, 6.45) is 4.38. The number of guanidine groups is 1. The third kappa shape index (κ3) is 15.7. The van der Waals surface area contributed by atoms with Gasteiger partial charge in [-0.25, -0.2) is 4.98 Å². The molecule has 0 aliphatic rings. The molecule has 0 spiro atoms. The fraction of sp³-hybridized carbons (Fsp3) is 0.348. The number of rotatable bonds is 26. The Balaban J connectivity index is 1.45. The first-order valence-electron chi connectivity index (χ1n) is 22.2. The van der Waals surface area contributed by atoms with Gasteiger partial charge in [0.05, 0.1) is 12.9 Å². The molecule has 2 heterocycles. The average molecular weight is 999 g/mol. The van der Waals surface area contributed by atoms with Crippen LogP contribution in [0.5, 0.6) is 0 Å². The number of fused-ring (bicyclic) bond motifs is 2. The van der Waals surface area contributed by atoms with Crippen molar-refractivity contribution in [2.75, 3.05) is 24.6 Å². The van der Waals surface area contributed by atoms with Crippen LogP contribution in [0.4, 0.5) is 0 Å². The molecule has 3 aromatic carbocycles. The predicted molar refractivity (Wildman–Crippen MR) is 269 cm³/mol. The average Bonchev–Trinajstić information content (AvgIpc) is 4.01. The highest BCUT2D eigenvalue weighted by Gasteiger charge is 2.33. The molecule has 22 nitrogen and oxygen atoms in total. The standard InChI is InChI=1S/C46H58N14O8S2/c1-25(61)55-38(23-70)41(64)53-21-39(62)56-36(18-29-20-50-24-54-29)45(68)59-34(16-27-10-6-9-26-8-2-3-11-30(26)27)43(66)57-33(14-7-15-51-46(48)49)42(65)58-35(44(67)60-37(22-69)40(47)63)17-28-19-52-32-13-5-4-12-31(28)32/h2-6,8-13,19-20,24,33-38,52,69-70H,7,14-18,21-23H2,1H3,(H2,47,63)(H,50,54)(H,53,64)(H,55,61)(H,56,62)(H,57,66)(H,58,65)(H,59,68)(H,60,67)(H4,48,49,51)/t33-,34+,35-,36-,37-,38-/m0/s1. The molecule has 0 fully saturated rings. The molecule has 5 aromatic rings. The number of aromatic amines is 2. The number of hydrogen-bond acceptors (Lipinski definition) is 12. The second-order valence-electron chi connectivity index (χ2n) is 16.2. The van der Waals surface area contributed by atoms with Gasteiger partial charge in [-0.1, -0.05) is 60.7 Å². The zero-order valence-corrected chi connectivity index (χ0v) is 40.0. The van der Waals surface area contributed by atoms with Gasteiger partial charge < -0.3 is 64.4 Å². The Bertz CT molecular complexity index is 2670. The van der Waals surface area contributed by atoms with Crippen molar-refractivity contribution in [3.05, 3.63) is 102 Å². The Kier molecular flexibility index (Phi) is 20.0. The van der Waals surface area contributed by atoms with Crippen molar-refractivity contribution >= 4 is 100 Å². The fourth-order valence-corrected chi connectivity index (χ4v) is 8.03. The Morgan fingerprint density at radius 1 is 0.629 bits per heavy atom. The highest BCUT2D eigenvalue weighted by Crippen LogP contribution is 2.22. The summed E-state index contributed by atoms with van der Waals surface area (Å²) >= 11 is 8.25. The lowest BCUT2D eigenvalue weighted by atomic mass is 9.97. The van der Waals surface area contributed by atoms with Crippen LogP contribution in [0.15, 0.2) is 90.4 Å². The van der Waals surface area contributed by atoms with E-state index in [0.717, 1.165) is 21.7 Å². The number of carbonyl (C=O) groups is 8. The molecule has 0 aliphatic carbocycles. The highest BCUT2D eigenvalue weighted by molar-refractivity contribution is 7.80. The van der Waals surface area contributed by atoms with Crippen molar-refractivity contribution in [2.45, 2.75) is 75.3 Å². The third-order valence-corrected chi connectivity index (χ3v) is 11.8. The fourth-order valence-electron chi connectivity index (χ4n) is 7.50. The van der Waals surface area contributed by atoms with Crippen molar-refractivity contribution in [3.63, 3.8) is 0 Å². The summed E-state index contributed by atoms with van der Waals surface area (Å²) in [5, 5.41) is 20.8. The third-order valence-electron chi connectivity index (χ3n) is 11.0. The van der Waals surface area contributed by atoms with Crippen LogP contribution in [-0.2, 0) is 57.6 Å². The predicted octanol–water partition coefficient (Wildman–Crippen LogP) is -1.48. The van der Waals surface area contributed by atoms with Crippen LogP contribution in [0.25, 0.3) is 21.7 Å². The van der Waals surface area contributed by atoms with E-state index in [-0.39, 0.29) is 56.1 Å². The first-order chi connectivity index (χ1) is 33.6. The van der Waals surface area contributed by atoms with Gasteiger partial charge in [0.25, 0.3) is 0 Å². The lowest BCUT2D eigenvalue weighted by Gasteiger charge is -2.27. The first kappa shape index (κ1) is 53.4. The molecule has 2 aromatic heterocycles. The molecule has 372 valence electrons. The van der Waals surface area contributed by atoms with Gasteiger partial charge in [0.2, 0.25) is 47.3 Å². The SMILES string of the molecule is CC(=O)N[C@@H](CS)C(=O)NCC(=O)N[C@@H](Cc1cnc[nH]1)C(=O)N[C@H](Cc1cccc2ccccc12)C(=O)N[C@@H](CCCN=C(N)N)C(=O)N[C@@H](Cc1c[nH]c2ccccc12)C(=O)N[C@@H](CS)C(N)=O. The number of amides is 8. The number of nitrogens with zero attached hydrogens (tertiary/aromatic N) is 2. The van der Waals surface area contributed by atoms with Crippen LogP contribution < -0.4 is 54.4 Å². The summed E-state index contributed by atoms with van der Waals surface area (Å²) < 4.78 is 0. The molecule has 0 bridgehead atoms. The largest absolute Gasteiger partial charge is 0.370 e. The maximum Gasteiger partial charge on any atom is 0.243 e. The minimum atomic E-state index is -1.39. The van der Waals surface area contributed by atoms with E-state index in [1.165, 1.54) is 19.4 Å². The topological polar surface area (TPSA) is 356 Å². The second-order valence-corrected chi connectivity index (χ2v) is 17.0. The Labute approximate surface area is 413 Å². The van der Waals surface area contributed by atoms with Crippen LogP contribution in [0.2, 0.25) is 0 Å². The molecular weight excluding hydrogens is 941 g/mol. The Morgan fingerprint density at radius 3 is 1.84 bits per heavy atom. The molecule has 6 atom stereocenters. The molecule has 5 rings (SSSR count). The number of nitrogens with one attached hydrogen (secondary N) is 9. The Hall–Kier alpha value is -7.60. The van der Waals surface area contributed by atoms with Gasteiger partial charge >= 0.3 is 0 Å². The van der Waals surface area contributed by atoms with E-state index in [2.05, 4.69) is 82.4 Å². The molecule has 8 amide bonds. The van der Waals surface area contributed by atoms with Crippen molar-refractivity contribution < 1.29 is 38.4 Å². The smallest absolute Gasteiger partial charge is 0.243 e. The van der Waals surface area contributed by atoms with Crippen LogP contribution >= 0.6 is 25.3 Å². The monoisotopic (exact) mass is 998 g/mol. The lowest BCUT2D eigenvalue weighted by Crippen LogP contribution is -2.60. The van der Waals surface area contributed by atoms with E-state index in [0.29, 0.717) is 16.8 Å². The molecule has 0 saturated carbocycles. The lowest BCUT2D eigenvalue weighted by molar-refractivity contribution is -0.135. The number of H-pyrrole nitrogens is 2. The van der Waals surface area contributed by atoms with Gasteiger partial charge in [-0.05, 0) is 40.8 Å². The zero-order chi connectivity index (χ0) is 50.7. The molecule has 0 aliphatic heterocycles. The summed E-state index contributed by atoms with van der Waals surface area (Å²) in [6.45, 7) is 0.715. The molecular formula is C46H58N14O8S2. The van der Waals surface area contributed by atoms with Gasteiger partial charge in [0.15, 0.2) is 5.96 Å². The van der Waals surface area contributed by atoms with Crippen molar-refractivity contribution in [1.29, 1.82) is 0 Å². The number of aromatic nitrogens is 3. The minimum absolute atomic E-state index is 0.0493. The number of benzene rings is 3. The van der Waals surface area contributed by atoms with Crippen molar-refractivity contribution in [2.24, 2.45) is 22.2 Å². The summed E-state index contributed by atoms with van der Waals surface area (Å²) in [4.78, 5) is 121. The Morgan fingerprint density at radius 2 is 1.21 bits per heavy atom. The molecule has 70 heavy (non-hydrogen) atoms. The van der Waals surface area contributed by atoms with E-state index in [1.54, 1.807) is 18.3 Å². The summed E-state index contributed by atoms with van der Waals surface area (Å²) in [5.41, 5.74) is 19.2. The number of para-hydroxylation sites is 1. The maximum absolute atomic E-state index is 14.8. The molecule has 15 N–H and O–H groups in total. The summed E-state index contributed by atoms with van der Waals surface area (Å²) in [7, 11) is 0. The van der Waals surface area contributed by atoms with Gasteiger partial charge in [-0.15, -0.1) is 0 Å². The van der Waals surface area contributed by atoms with Gasteiger partial charge in [0, 0.05) is 73.2 Å². The van der Waals surface area contributed by atoms with Crippen LogP contribution in [-0.4, -0.2) is 129 Å². The van der Waals surface area contributed by atoms with Crippen LogP contribution in [0.3, 0.4) is 0 Å². The first-order valence-corrected chi connectivity index (χ1v) is 23.4. The number of carbonyl (C=O) groups excluding carboxylic acids is 8. The van der Waals surface area contributed by atoms with E-state index in [9.17, 15) is 38.4 Å².